The molecule has 26 rings (SSSR count). The molecule has 0 spiro atoms. The van der Waals surface area contributed by atoms with E-state index in [0.717, 1.165) is 102 Å². The van der Waals surface area contributed by atoms with Gasteiger partial charge in [0, 0.05) is 102 Å². The quantitative estimate of drug-likeness (QED) is 0.0494. The summed E-state index contributed by atoms with van der Waals surface area (Å²) in [7, 11) is 0. The van der Waals surface area contributed by atoms with E-state index < -0.39 is 0 Å². The minimum atomic E-state index is 1.08. The lowest BCUT2D eigenvalue weighted by Gasteiger charge is -2.29. The van der Waals surface area contributed by atoms with Crippen LogP contribution in [0.2, 0.25) is 0 Å². The third-order valence-electron chi connectivity index (χ3n) is 27.8. The summed E-state index contributed by atoms with van der Waals surface area (Å²) in [6.07, 6.45) is 0. The summed E-state index contributed by atoms with van der Waals surface area (Å²) in [6, 6.07) is 217. The predicted octanol–water partition coefficient (Wildman–Crippen LogP) is 40.1. The molecule has 0 bridgehead atoms. The molecule has 0 radical (unpaired) electrons. The van der Waals surface area contributed by atoms with Crippen molar-refractivity contribution in [1.29, 1.82) is 0 Å². The van der Waals surface area contributed by atoms with Crippen molar-refractivity contribution in [3.05, 3.63) is 607 Å². The maximum Gasteiger partial charge on any atom is 0.0540 e. The molecule has 0 aromatic heterocycles. The Hall–Kier alpha value is -19.4. The Bertz CT molecular complexity index is 8380. The molecule has 0 unspecified atom stereocenters. The Labute approximate surface area is 852 Å². The van der Waals surface area contributed by atoms with Gasteiger partial charge < -0.3 is 29.4 Å². The summed E-state index contributed by atoms with van der Waals surface area (Å²) in [5, 5.41) is 17.8. The molecular weight excluding hydrogens is 1770 g/mol. The lowest BCUT2D eigenvalue weighted by atomic mass is 9.85. The lowest BCUT2D eigenvalue weighted by molar-refractivity contribution is 1.25. The molecule has 0 aliphatic rings. The SMILES string of the molecule is c1ccc(N(c2ccccc2)c2ccc(N(c3ccccc3)c3ccc(-c4ccc(N(c5ccccc5)c5ccc(N(c6ccccc6)c6ccccc6)cc5)cc4)cc3)cc2)cc1.c1ccc(N(c2ccccc2)c2ccc3ccc4c(N(c5ccccc5)c5ccccc5)ccc5ccc2c3c54)cc1.c1ccc2cc(-c3c4ccccc4c(-c4ccc(-c5cccc6ccccc56)cc4)c4ccccc34)ccc2c1. The van der Waals surface area contributed by atoms with Crippen molar-refractivity contribution in [3.8, 4) is 44.5 Å². The predicted molar refractivity (Wildman–Crippen MR) is 623 cm³/mol. The molecule has 26 aromatic rings. The topological polar surface area (TPSA) is 19.4 Å². The van der Waals surface area contributed by atoms with Gasteiger partial charge in [0.25, 0.3) is 0 Å². The van der Waals surface area contributed by atoms with Crippen molar-refractivity contribution in [1.82, 2.24) is 0 Å². The van der Waals surface area contributed by atoms with Crippen LogP contribution in [0.3, 0.4) is 0 Å². The fraction of sp³-hybridized carbons (Fsp3) is 0. The van der Waals surface area contributed by atoms with Crippen molar-refractivity contribution >= 4 is 178 Å². The Balaban J connectivity index is 0.000000122. The normalized spacial score (nSPS) is 11.2. The van der Waals surface area contributed by atoms with Crippen molar-refractivity contribution in [2.75, 3.05) is 29.4 Å². The summed E-state index contributed by atoms with van der Waals surface area (Å²) < 4.78 is 0. The van der Waals surface area contributed by atoms with Gasteiger partial charge in [-0.2, -0.15) is 0 Å². The van der Waals surface area contributed by atoms with Gasteiger partial charge in [-0.15, -0.1) is 0 Å². The van der Waals surface area contributed by atoms with Gasteiger partial charge in [-0.1, -0.05) is 394 Å². The third-order valence-corrected chi connectivity index (χ3v) is 27.8. The van der Waals surface area contributed by atoms with Crippen LogP contribution in [0, 0.1) is 0 Å². The average molecular weight is 1870 g/mol. The standard InChI is InChI=1S/C60H46N4.C40H28N2.C40H26/c1-7-19-49(20-8-1)61(50-21-9-2-10-22-50)57-39-43-59(44-40-57)63(53-27-15-5-16-28-53)55-35-31-47(32-36-55)48-33-37-56(38-34-48)64(54-29-17-6-18-30-54)60-45-41-58(42-46-60)62(51-23-11-3-12-24-51)52-25-13-4-14-26-52;1-5-13-31(14-6-1)41(32-15-7-2-8-16-32)37-27-23-29-22-26-36-38(28-24-30-21-25-35(37)39(29)40(30)36)42(33-17-9-3-10-18-33)34-19-11-4-12-20-34;1-2-12-31-26-32(25-20-27(31)10-1)40-37-17-7-5-15-35(37)39(36-16-6-8-18-38(36)40)30-23-21-29(22-24-30)34-19-9-13-28-11-3-4-14-33(28)34/h1-46H;1-28H;1-26H. The van der Waals surface area contributed by atoms with Gasteiger partial charge in [-0.25, -0.2) is 0 Å². The molecule has 6 nitrogen and oxygen atoms in total. The van der Waals surface area contributed by atoms with Crippen molar-refractivity contribution < 1.29 is 0 Å². The molecule has 0 aliphatic heterocycles. The van der Waals surface area contributed by atoms with Gasteiger partial charge >= 0.3 is 0 Å². The number of nitrogens with zero attached hydrogens (tertiary/aromatic N) is 6. The van der Waals surface area contributed by atoms with Crippen LogP contribution in [0.4, 0.5) is 102 Å². The highest BCUT2D eigenvalue weighted by Crippen LogP contribution is 2.51. The highest BCUT2D eigenvalue weighted by atomic mass is 15.2. The van der Waals surface area contributed by atoms with Crippen LogP contribution in [0.1, 0.15) is 0 Å². The van der Waals surface area contributed by atoms with Gasteiger partial charge in [-0.3, -0.25) is 0 Å². The van der Waals surface area contributed by atoms with Crippen molar-refractivity contribution in [3.63, 3.8) is 0 Å². The molecule has 0 fully saturated rings. The van der Waals surface area contributed by atoms with E-state index in [4.69, 9.17) is 0 Å². The van der Waals surface area contributed by atoms with Crippen LogP contribution < -0.4 is 29.4 Å². The first-order valence-electron chi connectivity index (χ1n) is 49.9. The number of benzene rings is 26. The van der Waals surface area contributed by atoms with E-state index in [1.807, 2.05) is 0 Å². The van der Waals surface area contributed by atoms with Crippen molar-refractivity contribution in [2.45, 2.75) is 0 Å². The first-order valence-corrected chi connectivity index (χ1v) is 49.9. The summed E-state index contributed by atoms with van der Waals surface area (Å²) in [5.74, 6) is 0. The van der Waals surface area contributed by atoms with E-state index >= 15 is 0 Å². The highest BCUT2D eigenvalue weighted by molar-refractivity contribution is 6.28. The fourth-order valence-electron chi connectivity index (χ4n) is 21.1. The number of hydrogen-bond donors (Lipinski definition) is 0. The number of fused-ring (bicyclic) bond motifs is 4. The second-order valence-electron chi connectivity index (χ2n) is 36.6. The largest absolute Gasteiger partial charge is 0.311 e. The second-order valence-corrected chi connectivity index (χ2v) is 36.6. The van der Waals surface area contributed by atoms with Crippen molar-refractivity contribution in [2.24, 2.45) is 0 Å². The lowest BCUT2D eigenvalue weighted by Crippen LogP contribution is -2.12. The van der Waals surface area contributed by atoms with E-state index in [9.17, 15) is 0 Å². The van der Waals surface area contributed by atoms with Gasteiger partial charge in [-0.05, 0) is 321 Å². The average Bonchev–Trinajstić information content (AvgIpc) is 0.735. The smallest absolute Gasteiger partial charge is 0.0540 e. The molecule has 0 amide bonds. The van der Waals surface area contributed by atoms with Crippen LogP contribution in [-0.4, -0.2) is 0 Å². The molecule has 0 saturated heterocycles. The monoisotopic (exact) mass is 1860 g/mol. The molecular formula is C140H100N6. The van der Waals surface area contributed by atoms with E-state index in [1.54, 1.807) is 0 Å². The Morgan fingerprint density at radius 3 is 0.630 bits per heavy atom. The fourth-order valence-corrected chi connectivity index (χ4v) is 21.1. The van der Waals surface area contributed by atoms with Crippen LogP contribution in [-0.2, 0) is 0 Å². The number of para-hydroxylation sites is 10. The minimum Gasteiger partial charge on any atom is -0.311 e. The van der Waals surface area contributed by atoms with Gasteiger partial charge in [0.15, 0.2) is 0 Å². The van der Waals surface area contributed by atoms with E-state index in [-0.39, 0.29) is 0 Å². The molecule has 0 saturated carbocycles. The van der Waals surface area contributed by atoms with Crippen LogP contribution in [0.5, 0.6) is 0 Å². The third kappa shape index (κ3) is 18.0. The molecule has 0 atom stereocenters. The maximum atomic E-state index is 2.37. The molecule has 146 heavy (non-hydrogen) atoms. The molecule has 26 aromatic carbocycles. The summed E-state index contributed by atoms with van der Waals surface area (Å²) in [5.41, 5.74) is 29.9. The highest BCUT2D eigenvalue weighted by Gasteiger charge is 2.26. The van der Waals surface area contributed by atoms with E-state index in [1.165, 1.54) is 120 Å². The molecule has 0 aliphatic carbocycles. The minimum absolute atomic E-state index is 1.08. The number of anilines is 18. The van der Waals surface area contributed by atoms with Gasteiger partial charge in [0.1, 0.15) is 0 Å². The number of rotatable bonds is 22. The van der Waals surface area contributed by atoms with Gasteiger partial charge in [0.2, 0.25) is 0 Å². The zero-order valence-corrected chi connectivity index (χ0v) is 80.4. The second kappa shape index (κ2) is 40.8. The molecule has 0 N–H and O–H groups in total. The van der Waals surface area contributed by atoms with Crippen LogP contribution >= 0.6 is 0 Å². The van der Waals surface area contributed by atoms with Gasteiger partial charge in [0.05, 0.1) is 11.4 Å². The van der Waals surface area contributed by atoms with E-state index in [2.05, 4.69) is 636 Å². The molecule has 0 heterocycles. The first kappa shape index (κ1) is 89.2. The Morgan fingerprint density at radius 1 is 0.103 bits per heavy atom. The zero-order chi connectivity index (χ0) is 97.3. The number of hydrogen-bond acceptors (Lipinski definition) is 6. The summed E-state index contributed by atoms with van der Waals surface area (Å²) in [4.78, 5) is 13.9. The van der Waals surface area contributed by atoms with E-state index in [0.29, 0.717) is 0 Å². The summed E-state index contributed by atoms with van der Waals surface area (Å²) in [6.45, 7) is 0. The molecule has 690 valence electrons. The maximum absolute atomic E-state index is 2.37. The Kier molecular flexibility index (Phi) is 24.9. The first-order chi connectivity index (χ1) is 72.5. The zero-order valence-electron chi connectivity index (χ0n) is 80.4. The van der Waals surface area contributed by atoms with Crippen LogP contribution in [0.25, 0.3) is 120 Å². The molecule has 6 heteroatoms. The van der Waals surface area contributed by atoms with Crippen LogP contribution in [0.15, 0.2) is 607 Å². The summed E-state index contributed by atoms with van der Waals surface area (Å²) >= 11 is 0. The Morgan fingerprint density at radius 2 is 0.315 bits per heavy atom.